The van der Waals surface area contributed by atoms with Crippen molar-refractivity contribution >= 4 is 45.0 Å². The molecule has 0 saturated carbocycles. The lowest BCUT2D eigenvalue weighted by atomic mass is 11.0. The number of halogens is 3. The van der Waals surface area contributed by atoms with E-state index in [0.29, 0.717) is 0 Å². The molecule has 0 nitrogen and oxygen atoms in total. The molecular weight excluding hydrogens is 206 g/mol. The standard InChI is InChI=1S/C2H4BrCl2P/c3-1-2-6(4)5/h1-2H2. The Balaban J connectivity index is 2.63. The molecule has 0 aromatic carbocycles. The Morgan fingerprint density at radius 3 is 2.00 bits per heavy atom. The van der Waals surface area contributed by atoms with Gasteiger partial charge >= 0.3 is 0 Å². The molecule has 6 heavy (non-hydrogen) atoms. The van der Waals surface area contributed by atoms with Gasteiger partial charge in [0.15, 0.2) is 0 Å². The second kappa shape index (κ2) is 4.64. The fourth-order valence-corrected chi connectivity index (χ4v) is 2.99. The maximum absolute atomic E-state index is 5.38. The smallest absolute Gasteiger partial charge is 0.0863 e. The molecule has 0 N–H and O–H groups in total. The van der Waals surface area contributed by atoms with E-state index < -0.39 is 6.63 Å². The molecule has 0 aromatic heterocycles. The van der Waals surface area contributed by atoms with Crippen LogP contribution in [0.2, 0.25) is 0 Å². The molecule has 0 heterocycles. The molecule has 0 amide bonds. The maximum atomic E-state index is 5.38. The van der Waals surface area contributed by atoms with Crippen molar-refractivity contribution in [1.29, 1.82) is 0 Å². The summed E-state index contributed by atoms with van der Waals surface area (Å²) in [5, 5.41) is 0.908. The summed E-state index contributed by atoms with van der Waals surface area (Å²) in [5.74, 6) is 0. The summed E-state index contributed by atoms with van der Waals surface area (Å²) in [6, 6.07) is 0. The van der Waals surface area contributed by atoms with Gasteiger partial charge in [0.1, 0.15) is 0 Å². The van der Waals surface area contributed by atoms with Gasteiger partial charge in [0, 0.05) is 11.5 Å². The summed E-state index contributed by atoms with van der Waals surface area (Å²) in [7, 11) is 0. The Hall–Kier alpha value is 1.49. The van der Waals surface area contributed by atoms with E-state index in [1.54, 1.807) is 0 Å². The molecule has 38 valence electrons. The van der Waals surface area contributed by atoms with E-state index in [0.717, 1.165) is 11.5 Å². The SMILES string of the molecule is ClP(Cl)CCBr. The van der Waals surface area contributed by atoms with Crippen LogP contribution in [-0.4, -0.2) is 11.5 Å². The minimum Gasteiger partial charge on any atom is -0.0923 e. The minimum absolute atomic E-state index is 0.703. The summed E-state index contributed by atoms with van der Waals surface area (Å²) < 4.78 is 0. The van der Waals surface area contributed by atoms with Crippen LogP contribution >= 0.6 is 45.0 Å². The van der Waals surface area contributed by atoms with Crippen LogP contribution in [0.1, 0.15) is 0 Å². The average molecular weight is 210 g/mol. The third-order valence-electron chi connectivity index (χ3n) is 0.254. The predicted molar refractivity (Wildman–Crippen MR) is 37.3 cm³/mol. The molecule has 0 aliphatic carbocycles. The highest BCUT2D eigenvalue weighted by molar-refractivity contribution is 9.09. The van der Waals surface area contributed by atoms with E-state index in [4.69, 9.17) is 22.5 Å². The van der Waals surface area contributed by atoms with Crippen molar-refractivity contribution in [2.75, 3.05) is 11.5 Å². The molecule has 0 unspecified atom stereocenters. The number of alkyl halides is 1. The van der Waals surface area contributed by atoms with Crippen molar-refractivity contribution in [2.24, 2.45) is 0 Å². The third kappa shape index (κ3) is 5.49. The number of rotatable bonds is 2. The first-order valence-corrected chi connectivity index (χ1v) is 5.88. The lowest BCUT2D eigenvalue weighted by Crippen LogP contribution is -1.69. The average Bonchev–Trinajstić information content (AvgIpc) is 1.35. The summed E-state index contributed by atoms with van der Waals surface area (Å²) in [6.07, 6.45) is 0.887. The zero-order valence-corrected chi connectivity index (χ0v) is 6.99. The molecule has 0 fully saturated rings. The summed E-state index contributed by atoms with van der Waals surface area (Å²) >= 11 is 14.0. The van der Waals surface area contributed by atoms with E-state index >= 15 is 0 Å². The summed E-state index contributed by atoms with van der Waals surface area (Å²) in [4.78, 5) is 0. The first-order valence-electron chi connectivity index (χ1n) is 1.42. The molecule has 0 aliphatic rings. The quantitative estimate of drug-likeness (QED) is 0.484. The Labute approximate surface area is 56.7 Å². The van der Waals surface area contributed by atoms with Crippen LogP contribution in [0.25, 0.3) is 0 Å². The third-order valence-corrected chi connectivity index (χ3v) is 2.84. The number of hydrogen-bond acceptors (Lipinski definition) is 0. The number of hydrogen-bond donors (Lipinski definition) is 0. The van der Waals surface area contributed by atoms with E-state index in [2.05, 4.69) is 15.9 Å². The molecule has 0 bridgehead atoms. The molecule has 0 radical (unpaired) electrons. The van der Waals surface area contributed by atoms with Crippen LogP contribution < -0.4 is 0 Å². The van der Waals surface area contributed by atoms with Crippen molar-refractivity contribution < 1.29 is 0 Å². The van der Waals surface area contributed by atoms with Crippen LogP contribution in [0.5, 0.6) is 0 Å². The van der Waals surface area contributed by atoms with Gasteiger partial charge in [-0.3, -0.25) is 0 Å². The molecule has 0 aliphatic heterocycles. The largest absolute Gasteiger partial charge is 0.0923 e. The topological polar surface area (TPSA) is 0 Å². The molecule has 0 spiro atoms. The van der Waals surface area contributed by atoms with Crippen molar-refractivity contribution in [3.05, 3.63) is 0 Å². The molecule has 0 saturated heterocycles. The van der Waals surface area contributed by atoms with Crippen molar-refractivity contribution in [3.8, 4) is 0 Å². The highest BCUT2D eigenvalue weighted by atomic mass is 79.9. The van der Waals surface area contributed by atoms with Crippen LogP contribution in [0.3, 0.4) is 0 Å². The van der Waals surface area contributed by atoms with Crippen molar-refractivity contribution in [1.82, 2.24) is 0 Å². The Bertz CT molecular complexity index is 32.7. The first kappa shape index (κ1) is 7.49. The van der Waals surface area contributed by atoms with E-state index in [1.807, 2.05) is 0 Å². The lowest BCUT2D eigenvalue weighted by Gasteiger charge is -1.89. The van der Waals surface area contributed by atoms with Gasteiger partial charge in [-0.05, 0) is 0 Å². The van der Waals surface area contributed by atoms with Crippen LogP contribution in [0.4, 0.5) is 0 Å². The summed E-state index contributed by atoms with van der Waals surface area (Å²) in [5.41, 5.74) is 0. The molecule has 0 rings (SSSR count). The lowest BCUT2D eigenvalue weighted by molar-refractivity contribution is 1.58. The second-order valence-corrected chi connectivity index (χ2v) is 5.53. The normalized spacial score (nSPS) is 10.0. The first-order chi connectivity index (χ1) is 2.77. The van der Waals surface area contributed by atoms with Crippen LogP contribution in [0, 0.1) is 0 Å². The fourth-order valence-electron chi connectivity index (χ4n) is 0.0639. The van der Waals surface area contributed by atoms with Crippen LogP contribution in [-0.2, 0) is 0 Å². The molecular formula is C2H4BrCl2P. The summed E-state index contributed by atoms with van der Waals surface area (Å²) in [6.45, 7) is -0.703. The van der Waals surface area contributed by atoms with Gasteiger partial charge in [-0.1, -0.05) is 38.4 Å². The Kier molecular flexibility index (Phi) is 5.80. The van der Waals surface area contributed by atoms with Gasteiger partial charge in [-0.2, -0.15) is 0 Å². The monoisotopic (exact) mass is 208 g/mol. The molecule has 4 heteroatoms. The maximum Gasteiger partial charge on any atom is 0.0863 e. The van der Waals surface area contributed by atoms with Gasteiger partial charge in [-0.25, -0.2) is 0 Å². The van der Waals surface area contributed by atoms with Crippen molar-refractivity contribution in [2.45, 2.75) is 0 Å². The van der Waals surface area contributed by atoms with E-state index in [1.165, 1.54) is 0 Å². The highest BCUT2D eigenvalue weighted by Crippen LogP contribution is 2.46. The fraction of sp³-hybridized carbons (Fsp3) is 1.00. The molecule has 0 atom stereocenters. The Morgan fingerprint density at radius 2 is 2.00 bits per heavy atom. The predicted octanol–water partition coefficient (Wildman–Crippen LogP) is 3.17. The zero-order chi connectivity index (χ0) is 4.99. The van der Waals surface area contributed by atoms with E-state index in [9.17, 15) is 0 Å². The van der Waals surface area contributed by atoms with Gasteiger partial charge in [0.05, 0.1) is 6.63 Å². The van der Waals surface area contributed by atoms with E-state index in [-0.39, 0.29) is 0 Å². The second-order valence-electron chi connectivity index (χ2n) is 0.716. The van der Waals surface area contributed by atoms with Crippen molar-refractivity contribution in [3.63, 3.8) is 0 Å². The zero-order valence-electron chi connectivity index (χ0n) is 3.00. The Morgan fingerprint density at radius 1 is 1.50 bits per heavy atom. The van der Waals surface area contributed by atoms with Gasteiger partial charge in [0.2, 0.25) is 0 Å². The highest BCUT2D eigenvalue weighted by Gasteiger charge is 1.92. The van der Waals surface area contributed by atoms with Gasteiger partial charge < -0.3 is 0 Å². The van der Waals surface area contributed by atoms with Gasteiger partial charge in [-0.15, -0.1) is 0 Å². The van der Waals surface area contributed by atoms with Gasteiger partial charge in [0.25, 0.3) is 0 Å². The molecule has 0 aromatic rings. The minimum atomic E-state index is -0.703. The van der Waals surface area contributed by atoms with Crippen LogP contribution in [0.15, 0.2) is 0 Å².